The van der Waals surface area contributed by atoms with Gasteiger partial charge in [-0.15, -0.1) is 0 Å². The zero-order valence-electron chi connectivity index (χ0n) is 12.4. The van der Waals surface area contributed by atoms with Crippen molar-refractivity contribution in [2.45, 2.75) is 26.2 Å². The predicted octanol–water partition coefficient (Wildman–Crippen LogP) is 3.81. The van der Waals surface area contributed by atoms with E-state index in [4.69, 9.17) is 11.6 Å². The minimum atomic E-state index is 0.639. The number of fused-ring (bicyclic) bond motifs is 1. The number of hydrogen-bond donors (Lipinski definition) is 2. The molecule has 3 aromatic heterocycles. The summed E-state index contributed by atoms with van der Waals surface area (Å²) in [6, 6.07) is 1.93. The third-order valence-corrected chi connectivity index (χ3v) is 3.70. The second-order valence-electron chi connectivity index (χ2n) is 5.24. The summed E-state index contributed by atoms with van der Waals surface area (Å²) >= 11 is 6.02. The van der Waals surface area contributed by atoms with E-state index in [9.17, 15) is 0 Å². The van der Waals surface area contributed by atoms with Crippen molar-refractivity contribution in [1.29, 1.82) is 0 Å². The molecule has 2 N–H and O–H groups in total. The fraction of sp³-hybridized carbons (Fsp3) is 0.312. The number of unbranched alkanes of at least 4 members (excludes halogenated alkanes) is 1. The minimum Gasteiger partial charge on any atom is -0.354 e. The lowest BCUT2D eigenvalue weighted by Crippen LogP contribution is -2.05. The smallest absolute Gasteiger partial charge is 0.222 e. The van der Waals surface area contributed by atoms with Gasteiger partial charge in [0.25, 0.3) is 0 Å². The Hall–Kier alpha value is -2.14. The number of aromatic amines is 1. The molecule has 0 unspecified atom stereocenters. The maximum Gasteiger partial charge on any atom is 0.222 e. The summed E-state index contributed by atoms with van der Waals surface area (Å²) in [4.78, 5) is 16.1. The summed E-state index contributed by atoms with van der Waals surface area (Å²) in [6.07, 6.45) is 10.3. The zero-order valence-corrected chi connectivity index (χ0v) is 13.2. The van der Waals surface area contributed by atoms with Crippen LogP contribution >= 0.6 is 11.6 Å². The number of anilines is 1. The van der Waals surface area contributed by atoms with Crippen LogP contribution in [0.1, 0.15) is 30.9 Å². The zero-order chi connectivity index (χ0) is 15.4. The van der Waals surface area contributed by atoms with Gasteiger partial charge in [0.2, 0.25) is 5.95 Å². The Morgan fingerprint density at radius 3 is 2.77 bits per heavy atom. The quantitative estimate of drug-likeness (QED) is 0.679. The number of H-pyrrole nitrogens is 1. The summed E-state index contributed by atoms with van der Waals surface area (Å²) in [5.41, 5.74) is 3.04. The number of hydrogen-bond acceptors (Lipinski definition) is 4. The van der Waals surface area contributed by atoms with Crippen LogP contribution in [0, 0.1) is 0 Å². The van der Waals surface area contributed by atoms with Gasteiger partial charge in [0, 0.05) is 43.1 Å². The highest BCUT2D eigenvalue weighted by molar-refractivity contribution is 6.31. The molecule has 0 radical (unpaired) electrons. The highest BCUT2D eigenvalue weighted by Gasteiger charge is 2.07. The lowest BCUT2D eigenvalue weighted by molar-refractivity contribution is 0.825. The second-order valence-corrected chi connectivity index (χ2v) is 5.67. The van der Waals surface area contributed by atoms with Gasteiger partial charge in [0.05, 0.1) is 5.02 Å². The van der Waals surface area contributed by atoms with E-state index in [0.29, 0.717) is 11.0 Å². The van der Waals surface area contributed by atoms with Crippen molar-refractivity contribution >= 4 is 28.6 Å². The fourth-order valence-corrected chi connectivity index (χ4v) is 2.47. The maximum absolute atomic E-state index is 6.02. The monoisotopic (exact) mass is 315 g/mol. The van der Waals surface area contributed by atoms with E-state index >= 15 is 0 Å². The topological polar surface area (TPSA) is 66.5 Å². The third-order valence-electron chi connectivity index (χ3n) is 3.50. The van der Waals surface area contributed by atoms with Crippen LogP contribution in [0.5, 0.6) is 0 Å². The lowest BCUT2D eigenvalue weighted by Gasteiger charge is -2.04. The molecule has 0 amide bonds. The molecule has 0 atom stereocenters. The molecular weight excluding hydrogens is 298 g/mol. The molecule has 5 nitrogen and oxygen atoms in total. The van der Waals surface area contributed by atoms with Crippen molar-refractivity contribution in [3.05, 3.63) is 47.0 Å². The number of rotatable bonds is 6. The van der Waals surface area contributed by atoms with Crippen LogP contribution in [-0.2, 0) is 6.42 Å². The van der Waals surface area contributed by atoms with E-state index in [1.807, 2.05) is 24.7 Å². The van der Waals surface area contributed by atoms with Gasteiger partial charge in [-0.3, -0.25) is 0 Å². The first-order valence-corrected chi connectivity index (χ1v) is 7.80. The number of nitrogens with one attached hydrogen (secondary N) is 2. The molecule has 0 aromatic carbocycles. The molecule has 0 saturated heterocycles. The van der Waals surface area contributed by atoms with Crippen molar-refractivity contribution < 1.29 is 0 Å². The van der Waals surface area contributed by atoms with Crippen LogP contribution in [0.2, 0.25) is 5.02 Å². The Bertz CT molecular complexity index is 751. The molecule has 0 fully saturated rings. The summed E-state index contributed by atoms with van der Waals surface area (Å²) in [7, 11) is 0. The van der Waals surface area contributed by atoms with Crippen molar-refractivity contribution in [2.75, 3.05) is 11.9 Å². The molecule has 0 aliphatic carbocycles. The Kier molecular flexibility index (Phi) is 4.53. The van der Waals surface area contributed by atoms with Crippen molar-refractivity contribution in [1.82, 2.24) is 19.9 Å². The SMILES string of the molecule is CCCCNc1ncc(Cc2c[nH]c3ncc(Cl)cc23)cn1. The first kappa shape index (κ1) is 14.8. The van der Waals surface area contributed by atoms with Gasteiger partial charge in [0.1, 0.15) is 5.65 Å². The van der Waals surface area contributed by atoms with E-state index in [2.05, 4.69) is 32.2 Å². The molecule has 114 valence electrons. The standard InChI is InChI=1S/C16H18ClN5/c1-2-3-4-18-16-21-7-11(8-22-16)5-12-9-19-15-14(12)6-13(17)10-20-15/h6-10H,2-5H2,1H3,(H,19,20)(H,18,21,22). The van der Waals surface area contributed by atoms with Gasteiger partial charge in [0.15, 0.2) is 0 Å². The predicted molar refractivity (Wildman–Crippen MR) is 89.3 cm³/mol. The summed E-state index contributed by atoms with van der Waals surface area (Å²) < 4.78 is 0. The van der Waals surface area contributed by atoms with E-state index < -0.39 is 0 Å². The Labute approximate surface area is 134 Å². The molecule has 3 aromatic rings. The molecule has 22 heavy (non-hydrogen) atoms. The molecule has 0 saturated carbocycles. The normalized spacial score (nSPS) is 11.0. The van der Waals surface area contributed by atoms with Gasteiger partial charge in [-0.25, -0.2) is 15.0 Å². The molecule has 0 aliphatic heterocycles. The van der Waals surface area contributed by atoms with Crippen LogP contribution < -0.4 is 5.32 Å². The van der Waals surface area contributed by atoms with Crippen LogP contribution in [0.3, 0.4) is 0 Å². The first-order chi connectivity index (χ1) is 10.8. The first-order valence-electron chi connectivity index (χ1n) is 7.42. The van der Waals surface area contributed by atoms with Gasteiger partial charge < -0.3 is 10.3 Å². The molecule has 3 heterocycles. The molecule has 0 bridgehead atoms. The van der Waals surface area contributed by atoms with Gasteiger partial charge in [-0.05, 0) is 23.6 Å². The van der Waals surface area contributed by atoms with Crippen molar-refractivity contribution in [2.24, 2.45) is 0 Å². The molecule has 0 spiro atoms. The number of aromatic nitrogens is 4. The van der Waals surface area contributed by atoms with E-state index in [0.717, 1.165) is 48.0 Å². The van der Waals surface area contributed by atoms with Crippen molar-refractivity contribution in [3.63, 3.8) is 0 Å². The lowest BCUT2D eigenvalue weighted by atomic mass is 10.1. The average molecular weight is 316 g/mol. The summed E-state index contributed by atoms with van der Waals surface area (Å²) in [6.45, 7) is 3.07. The number of pyridine rings is 1. The van der Waals surface area contributed by atoms with Crippen molar-refractivity contribution in [3.8, 4) is 0 Å². The van der Waals surface area contributed by atoms with Gasteiger partial charge in [-0.2, -0.15) is 0 Å². The largest absolute Gasteiger partial charge is 0.354 e. The van der Waals surface area contributed by atoms with E-state index in [1.165, 1.54) is 0 Å². The molecule has 0 aliphatic rings. The average Bonchev–Trinajstić information content (AvgIpc) is 2.92. The Morgan fingerprint density at radius 2 is 2.00 bits per heavy atom. The van der Waals surface area contributed by atoms with Crippen LogP contribution in [-0.4, -0.2) is 26.5 Å². The Morgan fingerprint density at radius 1 is 1.18 bits per heavy atom. The van der Waals surface area contributed by atoms with Gasteiger partial charge in [-0.1, -0.05) is 24.9 Å². The summed E-state index contributed by atoms with van der Waals surface area (Å²) in [5.74, 6) is 0.681. The fourth-order valence-electron chi connectivity index (χ4n) is 2.31. The van der Waals surface area contributed by atoms with Crippen LogP contribution in [0.15, 0.2) is 30.9 Å². The summed E-state index contributed by atoms with van der Waals surface area (Å²) in [5, 5.41) is 4.89. The van der Waals surface area contributed by atoms with Crippen LogP contribution in [0.4, 0.5) is 5.95 Å². The maximum atomic E-state index is 6.02. The minimum absolute atomic E-state index is 0.639. The molecule has 3 rings (SSSR count). The van der Waals surface area contributed by atoms with E-state index in [-0.39, 0.29) is 0 Å². The van der Waals surface area contributed by atoms with Crippen LogP contribution in [0.25, 0.3) is 11.0 Å². The number of nitrogens with zero attached hydrogens (tertiary/aromatic N) is 3. The van der Waals surface area contributed by atoms with E-state index in [1.54, 1.807) is 6.20 Å². The molecular formula is C16H18ClN5. The second kappa shape index (κ2) is 6.75. The third kappa shape index (κ3) is 3.36. The number of halogens is 1. The molecule has 6 heteroatoms. The Balaban J connectivity index is 1.73. The van der Waals surface area contributed by atoms with Gasteiger partial charge >= 0.3 is 0 Å². The highest BCUT2D eigenvalue weighted by atomic mass is 35.5. The highest BCUT2D eigenvalue weighted by Crippen LogP contribution is 2.22.